The van der Waals surface area contributed by atoms with Crippen LogP contribution in [0, 0.1) is 6.92 Å². The van der Waals surface area contributed by atoms with Gasteiger partial charge in [0.2, 0.25) is 0 Å². The molecule has 0 unspecified atom stereocenters. The average Bonchev–Trinajstić information content (AvgIpc) is 2.43. The first-order valence-electron chi connectivity index (χ1n) is 6.05. The van der Waals surface area contributed by atoms with Crippen molar-refractivity contribution < 1.29 is 0 Å². The van der Waals surface area contributed by atoms with Crippen molar-refractivity contribution in [3.8, 4) is 0 Å². The van der Waals surface area contributed by atoms with Crippen LogP contribution in [-0.4, -0.2) is 4.57 Å². The van der Waals surface area contributed by atoms with Crippen molar-refractivity contribution >= 4 is 0 Å². The van der Waals surface area contributed by atoms with Crippen LogP contribution in [0.25, 0.3) is 0 Å². The lowest BCUT2D eigenvalue weighted by molar-refractivity contribution is 0.305. The van der Waals surface area contributed by atoms with Gasteiger partial charge in [-0.05, 0) is 63.0 Å². The maximum absolute atomic E-state index is 2.60. The maximum Gasteiger partial charge on any atom is 0.0333 e. The molecule has 0 spiro atoms. The van der Waals surface area contributed by atoms with Gasteiger partial charge in [-0.25, -0.2) is 0 Å². The van der Waals surface area contributed by atoms with Crippen LogP contribution in [0.4, 0.5) is 0 Å². The molecule has 2 aliphatic carbocycles. The molecule has 1 aromatic rings. The van der Waals surface area contributed by atoms with Crippen LogP contribution in [0.5, 0.6) is 0 Å². The van der Waals surface area contributed by atoms with Crippen molar-refractivity contribution in [3.05, 3.63) is 23.0 Å². The number of aryl methyl sites for hydroxylation is 1. The molecule has 1 heteroatoms. The van der Waals surface area contributed by atoms with E-state index in [-0.39, 0.29) is 0 Å². The van der Waals surface area contributed by atoms with Gasteiger partial charge >= 0.3 is 0 Å². The summed E-state index contributed by atoms with van der Waals surface area (Å²) in [4.78, 5) is 0. The second kappa shape index (κ2) is 3.15. The summed E-state index contributed by atoms with van der Waals surface area (Å²) in [7, 11) is 0. The number of hydrogen-bond acceptors (Lipinski definition) is 0. The number of aromatic nitrogens is 1. The fourth-order valence-electron chi connectivity index (χ4n) is 2.95. The van der Waals surface area contributed by atoms with E-state index in [1.807, 2.05) is 0 Å². The minimum Gasteiger partial charge on any atom is -0.348 e. The highest BCUT2D eigenvalue weighted by atomic mass is 15.0. The molecule has 2 aliphatic rings. The van der Waals surface area contributed by atoms with E-state index in [0.29, 0.717) is 0 Å². The van der Waals surface area contributed by atoms with Crippen molar-refractivity contribution in [1.82, 2.24) is 4.57 Å². The van der Waals surface area contributed by atoms with E-state index < -0.39 is 0 Å². The zero-order chi connectivity index (χ0) is 9.54. The third-order valence-electron chi connectivity index (χ3n) is 4.03. The molecule has 0 radical (unpaired) electrons. The van der Waals surface area contributed by atoms with E-state index in [1.54, 1.807) is 16.8 Å². The smallest absolute Gasteiger partial charge is 0.0333 e. The monoisotopic (exact) mass is 189 g/mol. The summed E-state index contributed by atoms with van der Waals surface area (Å²) < 4.78 is 2.60. The Kier molecular flexibility index (Phi) is 1.93. The molecular weight excluding hydrogens is 170 g/mol. The van der Waals surface area contributed by atoms with Crippen molar-refractivity contribution in [2.24, 2.45) is 0 Å². The Bertz CT molecular complexity index is 344. The highest BCUT2D eigenvalue weighted by molar-refractivity contribution is 5.34. The zero-order valence-electron chi connectivity index (χ0n) is 9.05. The Morgan fingerprint density at radius 2 is 1.93 bits per heavy atom. The molecule has 1 aromatic heterocycles. The number of rotatable bonds is 1. The molecule has 1 heterocycles. The fraction of sp³-hybridized carbons (Fsp3) is 0.692. The van der Waals surface area contributed by atoms with E-state index in [2.05, 4.69) is 17.7 Å². The first kappa shape index (κ1) is 8.58. The highest BCUT2D eigenvalue weighted by Crippen LogP contribution is 2.36. The van der Waals surface area contributed by atoms with E-state index in [0.717, 1.165) is 6.04 Å². The van der Waals surface area contributed by atoms with Gasteiger partial charge in [-0.3, -0.25) is 0 Å². The lowest BCUT2D eigenvalue weighted by atomic mass is 9.91. The Morgan fingerprint density at radius 1 is 1.14 bits per heavy atom. The predicted octanol–water partition coefficient (Wildman–Crippen LogP) is 3.40. The average molecular weight is 189 g/mol. The molecule has 1 nitrogen and oxygen atoms in total. The number of fused-ring (bicyclic) bond motifs is 1. The lowest BCUT2D eigenvalue weighted by Crippen LogP contribution is -2.19. The third kappa shape index (κ3) is 1.14. The van der Waals surface area contributed by atoms with E-state index in [1.165, 1.54) is 44.9 Å². The zero-order valence-corrected chi connectivity index (χ0v) is 9.05. The van der Waals surface area contributed by atoms with E-state index in [4.69, 9.17) is 0 Å². The summed E-state index contributed by atoms with van der Waals surface area (Å²) in [6.45, 7) is 2.29. The van der Waals surface area contributed by atoms with Crippen LogP contribution < -0.4 is 0 Å². The summed E-state index contributed by atoms with van der Waals surface area (Å²) in [5, 5.41) is 0. The van der Waals surface area contributed by atoms with Gasteiger partial charge in [0.05, 0.1) is 0 Å². The highest BCUT2D eigenvalue weighted by Gasteiger charge is 2.25. The minimum absolute atomic E-state index is 0.857. The van der Waals surface area contributed by atoms with Crippen LogP contribution in [0.3, 0.4) is 0 Å². The molecule has 0 aliphatic heterocycles. The van der Waals surface area contributed by atoms with Crippen molar-refractivity contribution in [2.75, 3.05) is 0 Å². The van der Waals surface area contributed by atoms with Crippen molar-refractivity contribution in [3.63, 3.8) is 0 Å². The second-order valence-electron chi connectivity index (χ2n) is 4.94. The quantitative estimate of drug-likeness (QED) is 0.638. The summed E-state index contributed by atoms with van der Waals surface area (Å²) in [5.41, 5.74) is 4.91. The van der Waals surface area contributed by atoms with Crippen molar-refractivity contribution in [2.45, 2.75) is 57.9 Å². The first-order chi connectivity index (χ1) is 6.86. The van der Waals surface area contributed by atoms with Crippen LogP contribution in [0.2, 0.25) is 0 Å². The molecule has 14 heavy (non-hydrogen) atoms. The fourth-order valence-corrected chi connectivity index (χ4v) is 2.95. The van der Waals surface area contributed by atoms with Gasteiger partial charge in [-0.1, -0.05) is 0 Å². The normalized spacial score (nSPS) is 21.8. The molecule has 1 fully saturated rings. The van der Waals surface area contributed by atoms with Gasteiger partial charge < -0.3 is 4.57 Å². The maximum atomic E-state index is 2.60. The van der Waals surface area contributed by atoms with Crippen molar-refractivity contribution in [1.29, 1.82) is 0 Å². The third-order valence-corrected chi connectivity index (χ3v) is 4.03. The molecule has 0 bridgehead atoms. The molecule has 1 saturated carbocycles. The Balaban J connectivity index is 2.02. The Hall–Kier alpha value is -0.720. The van der Waals surface area contributed by atoms with Crippen LogP contribution in [-0.2, 0) is 12.8 Å². The number of nitrogens with zero attached hydrogens (tertiary/aromatic N) is 1. The largest absolute Gasteiger partial charge is 0.348 e. The SMILES string of the molecule is Cc1cn(C2CCC2)c2c1CCCC2. The summed E-state index contributed by atoms with van der Waals surface area (Å²) >= 11 is 0. The van der Waals surface area contributed by atoms with E-state index >= 15 is 0 Å². The molecular formula is C13H19N. The summed E-state index contributed by atoms with van der Waals surface area (Å²) in [6, 6.07) is 0.857. The Morgan fingerprint density at radius 3 is 2.64 bits per heavy atom. The summed E-state index contributed by atoms with van der Waals surface area (Å²) in [6.07, 6.45) is 12.2. The van der Waals surface area contributed by atoms with Crippen LogP contribution in [0.15, 0.2) is 6.20 Å². The second-order valence-corrected chi connectivity index (χ2v) is 4.94. The van der Waals surface area contributed by atoms with Gasteiger partial charge in [0, 0.05) is 17.9 Å². The van der Waals surface area contributed by atoms with Gasteiger partial charge in [0.25, 0.3) is 0 Å². The molecule has 3 rings (SSSR count). The minimum atomic E-state index is 0.857. The van der Waals surface area contributed by atoms with Gasteiger partial charge in [-0.15, -0.1) is 0 Å². The standard InChI is InChI=1S/C13H19N/c1-10-9-14(11-5-4-6-11)13-8-3-2-7-12(10)13/h9,11H,2-8H2,1H3. The molecule has 0 N–H and O–H groups in total. The summed E-state index contributed by atoms with van der Waals surface area (Å²) in [5.74, 6) is 0. The van der Waals surface area contributed by atoms with E-state index in [9.17, 15) is 0 Å². The predicted molar refractivity (Wildman–Crippen MR) is 58.7 cm³/mol. The first-order valence-corrected chi connectivity index (χ1v) is 6.05. The molecule has 0 amide bonds. The molecule has 76 valence electrons. The molecule has 0 saturated heterocycles. The van der Waals surface area contributed by atoms with Gasteiger partial charge in [0.1, 0.15) is 0 Å². The molecule has 0 aromatic carbocycles. The van der Waals surface area contributed by atoms with Crippen LogP contribution >= 0.6 is 0 Å². The Labute approximate surface area is 86.1 Å². The van der Waals surface area contributed by atoms with Crippen LogP contribution in [0.1, 0.15) is 55.0 Å². The lowest BCUT2D eigenvalue weighted by Gasteiger charge is -2.30. The molecule has 0 atom stereocenters. The topological polar surface area (TPSA) is 4.93 Å². The number of hydrogen-bond donors (Lipinski definition) is 0. The van der Waals surface area contributed by atoms with Gasteiger partial charge in [0.15, 0.2) is 0 Å². The van der Waals surface area contributed by atoms with Gasteiger partial charge in [-0.2, -0.15) is 0 Å².